The van der Waals surface area contributed by atoms with Crippen LogP contribution in [0.15, 0.2) is 39.8 Å². The van der Waals surface area contributed by atoms with E-state index in [1.165, 1.54) is 18.4 Å². The Kier molecular flexibility index (Phi) is 4.93. The van der Waals surface area contributed by atoms with Gasteiger partial charge in [-0.05, 0) is 25.0 Å². The number of nitrogens with one attached hydrogen (secondary N) is 1. The molecular weight excluding hydrogens is 316 g/mol. The largest absolute Gasteiger partial charge is 0.449 e. The minimum absolute atomic E-state index is 0.0444. The molecule has 7 heteroatoms. The van der Waals surface area contributed by atoms with E-state index in [2.05, 4.69) is 9.71 Å². The molecule has 1 atom stereocenters. The van der Waals surface area contributed by atoms with Crippen molar-refractivity contribution in [1.82, 2.24) is 9.71 Å². The van der Waals surface area contributed by atoms with Crippen LogP contribution < -0.4 is 4.72 Å². The number of aliphatic hydroxyl groups is 1. The topological polar surface area (TPSA) is 92.4 Å². The fourth-order valence-corrected chi connectivity index (χ4v) is 2.97. The van der Waals surface area contributed by atoms with Gasteiger partial charge in [-0.15, -0.1) is 0 Å². The summed E-state index contributed by atoms with van der Waals surface area (Å²) in [6, 6.07) is 6.36. The summed E-state index contributed by atoms with van der Waals surface area (Å²) in [5.74, 6) is 0.484. The molecule has 0 aliphatic carbocycles. The molecule has 0 spiro atoms. The van der Waals surface area contributed by atoms with Crippen LogP contribution >= 0.6 is 0 Å². The monoisotopic (exact) mass is 338 g/mol. The maximum Gasteiger partial charge on any atom is 0.240 e. The van der Waals surface area contributed by atoms with Gasteiger partial charge in [0.05, 0.1) is 10.5 Å². The smallest absolute Gasteiger partial charge is 0.240 e. The molecule has 6 nitrogen and oxygen atoms in total. The summed E-state index contributed by atoms with van der Waals surface area (Å²) in [5, 5.41) is 10.2. The Balaban J connectivity index is 2.14. The number of nitrogens with zero attached hydrogens (tertiary/aromatic N) is 1. The third-order valence-electron chi connectivity index (χ3n) is 3.94. The lowest BCUT2D eigenvalue weighted by molar-refractivity contribution is 0.0190. The zero-order chi connectivity index (χ0) is 17.3. The van der Waals surface area contributed by atoms with Gasteiger partial charge in [0.15, 0.2) is 5.89 Å². The number of hydrogen-bond acceptors (Lipinski definition) is 5. The van der Waals surface area contributed by atoms with Crippen LogP contribution in [0, 0.1) is 12.8 Å². The molecule has 2 aromatic rings. The molecule has 1 aromatic heterocycles. The van der Waals surface area contributed by atoms with Gasteiger partial charge in [0.25, 0.3) is 0 Å². The molecule has 1 unspecified atom stereocenters. The number of hydrogen-bond donors (Lipinski definition) is 2. The highest BCUT2D eigenvalue weighted by atomic mass is 32.2. The van der Waals surface area contributed by atoms with Crippen LogP contribution in [0.25, 0.3) is 11.3 Å². The molecule has 1 aromatic carbocycles. The Morgan fingerprint density at radius 3 is 2.39 bits per heavy atom. The van der Waals surface area contributed by atoms with Crippen LogP contribution in [-0.4, -0.2) is 30.7 Å². The molecule has 0 amide bonds. The van der Waals surface area contributed by atoms with Gasteiger partial charge in [0.1, 0.15) is 12.0 Å². The zero-order valence-electron chi connectivity index (χ0n) is 13.7. The van der Waals surface area contributed by atoms with E-state index >= 15 is 0 Å². The summed E-state index contributed by atoms with van der Waals surface area (Å²) in [5.41, 5.74) is 0.322. The minimum Gasteiger partial charge on any atom is -0.449 e. The van der Waals surface area contributed by atoms with Crippen LogP contribution in [0.2, 0.25) is 0 Å². The molecule has 0 radical (unpaired) electrons. The predicted octanol–water partition coefficient (Wildman–Crippen LogP) is 2.34. The molecular formula is C16H22N2O4S. The second-order valence-corrected chi connectivity index (χ2v) is 7.88. The summed E-state index contributed by atoms with van der Waals surface area (Å²) in [6.07, 6.45) is 1.52. The maximum absolute atomic E-state index is 12.3. The number of sulfonamides is 1. The van der Waals surface area contributed by atoms with Crippen LogP contribution in [-0.2, 0) is 10.0 Å². The van der Waals surface area contributed by atoms with Gasteiger partial charge >= 0.3 is 0 Å². The van der Waals surface area contributed by atoms with E-state index in [1.807, 2.05) is 13.8 Å². The van der Waals surface area contributed by atoms with E-state index in [0.29, 0.717) is 11.6 Å². The molecule has 0 fully saturated rings. The molecule has 1 heterocycles. The lowest BCUT2D eigenvalue weighted by atomic mass is 9.93. The summed E-state index contributed by atoms with van der Waals surface area (Å²) in [7, 11) is -3.67. The Labute approximate surface area is 136 Å². The first kappa shape index (κ1) is 17.7. The van der Waals surface area contributed by atoms with Crippen LogP contribution in [0.4, 0.5) is 0 Å². The highest BCUT2D eigenvalue weighted by Crippen LogP contribution is 2.21. The Morgan fingerprint density at radius 2 is 1.91 bits per heavy atom. The Bertz CT molecular complexity index is 762. The van der Waals surface area contributed by atoms with Crippen molar-refractivity contribution in [1.29, 1.82) is 0 Å². The second-order valence-electron chi connectivity index (χ2n) is 6.11. The fourth-order valence-electron chi connectivity index (χ4n) is 1.83. The summed E-state index contributed by atoms with van der Waals surface area (Å²) < 4.78 is 32.2. The van der Waals surface area contributed by atoms with Gasteiger partial charge in [0, 0.05) is 19.0 Å². The Morgan fingerprint density at radius 1 is 1.30 bits per heavy atom. The van der Waals surface area contributed by atoms with Crippen molar-refractivity contribution in [3.8, 4) is 11.3 Å². The molecule has 0 aliphatic heterocycles. The third-order valence-corrected chi connectivity index (χ3v) is 5.36. The molecule has 0 saturated carbocycles. The highest BCUT2D eigenvalue weighted by molar-refractivity contribution is 7.89. The summed E-state index contributed by atoms with van der Waals surface area (Å²) in [6.45, 7) is 6.98. The Hall–Kier alpha value is -1.70. The van der Waals surface area contributed by atoms with Gasteiger partial charge in [-0.3, -0.25) is 0 Å². The maximum atomic E-state index is 12.3. The minimum atomic E-state index is -3.67. The predicted molar refractivity (Wildman–Crippen MR) is 87.3 cm³/mol. The molecule has 0 saturated heterocycles. The average Bonchev–Trinajstić information content (AvgIpc) is 2.92. The third kappa shape index (κ3) is 4.19. The SMILES string of the molecule is Cc1nc(-c2ccc(S(=O)(=O)NCC(C)(O)C(C)C)cc2)co1. The van der Waals surface area contributed by atoms with Crippen molar-refractivity contribution >= 4 is 10.0 Å². The molecule has 2 rings (SSSR count). The van der Waals surface area contributed by atoms with Gasteiger partial charge in [-0.1, -0.05) is 26.0 Å². The van der Waals surface area contributed by atoms with E-state index in [0.717, 1.165) is 5.56 Å². The molecule has 0 aliphatic rings. The molecule has 2 N–H and O–H groups in total. The van der Waals surface area contributed by atoms with E-state index in [-0.39, 0.29) is 17.4 Å². The standard InChI is InChI=1S/C16H22N2O4S/c1-11(2)16(4,19)10-17-23(20,21)14-7-5-13(6-8-14)15-9-22-12(3)18-15/h5-9,11,17,19H,10H2,1-4H3. The van der Waals surface area contributed by atoms with Crippen molar-refractivity contribution in [3.05, 3.63) is 36.4 Å². The quantitative estimate of drug-likeness (QED) is 0.843. The fraction of sp³-hybridized carbons (Fsp3) is 0.438. The first-order valence-corrected chi connectivity index (χ1v) is 8.85. The molecule has 0 bridgehead atoms. The van der Waals surface area contributed by atoms with Crippen LogP contribution in [0.5, 0.6) is 0 Å². The second kappa shape index (κ2) is 6.43. The lowest BCUT2D eigenvalue weighted by Gasteiger charge is -2.27. The van der Waals surface area contributed by atoms with Crippen molar-refractivity contribution in [2.75, 3.05) is 6.54 Å². The zero-order valence-corrected chi connectivity index (χ0v) is 14.5. The van der Waals surface area contributed by atoms with Crippen molar-refractivity contribution in [2.24, 2.45) is 5.92 Å². The van der Waals surface area contributed by atoms with E-state index in [1.54, 1.807) is 26.0 Å². The van der Waals surface area contributed by atoms with Gasteiger partial charge in [-0.2, -0.15) is 0 Å². The number of benzene rings is 1. The summed E-state index contributed by atoms with van der Waals surface area (Å²) >= 11 is 0. The first-order chi connectivity index (χ1) is 10.6. The average molecular weight is 338 g/mol. The van der Waals surface area contributed by atoms with Crippen LogP contribution in [0.1, 0.15) is 26.7 Å². The van der Waals surface area contributed by atoms with E-state index in [4.69, 9.17) is 4.42 Å². The van der Waals surface area contributed by atoms with Gasteiger partial charge in [-0.25, -0.2) is 18.1 Å². The highest BCUT2D eigenvalue weighted by Gasteiger charge is 2.27. The van der Waals surface area contributed by atoms with Gasteiger partial charge < -0.3 is 9.52 Å². The van der Waals surface area contributed by atoms with E-state index < -0.39 is 15.6 Å². The van der Waals surface area contributed by atoms with Crippen molar-refractivity contribution in [2.45, 2.75) is 38.2 Å². The number of oxazole rings is 1. The van der Waals surface area contributed by atoms with Crippen molar-refractivity contribution in [3.63, 3.8) is 0 Å². The van der Waals surface area contributed by atoms with Gasteiger partial charge in [0.2, 0.25) is 10.0 Å². The number of aryl methyl sites for hydroxylation is 1. The number of rotatable bonds is 6. The molecule has 126 valence electrons. The van der Waals surface area contributed by atoms with Crippen LogP contribution in [0.3, 0.4) is 0 Å². The molecule has 23 heavy (non-hydrogen) atoms. The first-order valence-electron chi connectivity index (χ1n) is 7.36. The number of aromatic nitrogens is 1. The lowest BCUT2D eigenvalue weighted by Crippen LogP contribution is -2.44. The normalized spacial score (nSPS) is 14.9. The van der Waals surface area contributed by atoms with E-state index in [9.17, 15) is 13.5 Å². The summed E-state index contributed by atoms with van der Waals surface area (Å²) in [4.78, 5) is 4.34. The van der Waals surface area contributed by atoms with Crippen molar-refractivity contribution < 1.29 is 17.9 Å².